The predicted octanol–water partition coefficient (Wildman–Crippen LogP) is 14.6. The summed E-state index contributed by atoms with van der Waals surface area (Å²) < 4.78 is 9.12. The Hall–Kier alpha value is -6.16. The van der Waals surface area contributed by atoms with Gasteiger partial charge in [0, 0.05) is 59.4 Å². The van der Waals surface area contributed by atoms with Gasteiger partial charge in [-0.25, -0.2) is 0 Å². The molecule has 52 heavy (non-hydrogen) atoms. The van der Waals surface area contributed by atoms with Gasteiger partial charge in [-0.1, -0.05) is 135 Å². The summed E-state index contributed by atoms with van der Waals surface area (Å²) in [6.45, 7) is 4.69. The van der Waals surface area contributed by atoms with Crippen LogP contribution in [-0.4, -0.2) is 0 Å². The summed E-state index contributed by atoms with van der Waals surface area (Å²) in [5.74, 6) is 0. The largest absolute Gasteiger partial charge is 0.456 e. The van der Waals surface area contributed by atoms with E-state index in [4.69, 9.17) is 4.42 Å². The first-order valence-electron chi connectivity index (χ1n) is 17.9. The Morgan fingerprint density at radius 3 is 2.04 bits per heavy atom. The Balaban J connectivity index is 1.10. The van der Waals surface area contributed by atoms with Gasteiger partial charge in [-0.15, -0.1) is 11.3 Å². The minimum atomic E-state index is -0.103. The Morgan fingerprint density at radius 2 is 1.13 bits per heavy atom. The number of benzene rings is 8. The average Bonchev–Trinajstić information content (AvgIpc) is 3.83. The zero-order valence-corrected chi connectivity index (χ0v) is 29.7. The third kappa shape index (κ3) is 4.17. The molecule has 11 rings (SSSR count). The van der Waals surface area contributed by atoms with E-state index in [-0.39, 0.29) is 5.41 Å². The maximum atomic E-state index is 6.44. The predicted molar refractivity (Wildman–Crippen MR) is 222 cm³/mol. The third-order valence-electron chi connectivity index (χ3n) is 11.3. The number of anilines is 3. The number of hydrogen-bond donors (Lipinski definition) is 0. The summed E-state index contributed by atoms with van der Waals surface area (Å²) >= 11 is 1.91. The molecular weight excluding hydrogens is 651 g/mol. The van der Waals surface area contributed by atoms with Gasteiger partial charge in [0.15, 0.2) is 0 Å². The number of rotatable bonds is 4. The van der Waals surface area contributed by atoms with E-state index in [0.717, 1.165) is 39.0 Å². The summed E-state index contributed by atoms with van der Waals surface area (Å²) in [7, 11) is 0. The fraction of sp³-hybridized carbons (Fsp3) is 0.0612. The van der Waals surface area contributed by atoms with E-state index in [1.807, 2.05) is 23.5 Å². The first-order valence-corrected chi connectivity index (χ1v) is 18.7. The van der Waals surface area contributed by atoms with Crippen LogP contribution >= 0.6 is 11.3 Å². The quantitative estimate of drug-likeness (QED) is 0.184. The maximum Gasteiger partial charge on any atom is 0.137 e. The van der Waals surface area contributed by atoms with Gasteiger partial charge in [0.05, 0.1) is 5.69 Å². The lowest BCUT2D eigenvalue weighted by atomic mass is 9.82. The second-order valence-electron chi connectivity index (χ2n) is 14.5. The summed E-state index contributed by atoms with van der Waals surface area (Å²) in [5, 5.41) is 7.51. The van der Waals surface area contributed by atoms with E-state index in [9.17, 15) is 0 Å². The number of nitrogens with zero attached hydrogens (tertiary/aromatic N) is 1. The fourth-order valence-corrected chi connectivity index (χ4v) is 10.1. The van der Waals surface area contributed by atoms with Gasteiger partial charge >= 0.3 is 0 Å². The zero-order chi connectivity index (χ0) is 34.6. The highest BCUT2D eigenvalue weighted by Crippen LogP contribution is 2.54. The van der Waals surface area contributed by atoms with Crippen molar-refractivity contribution in [2.75, 3.05) is 4.90 Å². The molecule has 0 radical (unpaired) electrons. The lowest BCUT2D eigenvalue weighted by Crippen LogP contribution is -2.16. The van der Waals surface area contributed by atoms with Crippen molar-refractivity contribution in [3.63, 3.8) is 0 Å². The molecule has 0 bridgehead atoms. The number of para-hydroxylation sites is 1. The molecule has 2 aromatic heterocycles. The van der Waals surface area contributed by atoms with Crippen molar-refractivity contribution in [2.24, 2.45) is 0 Å². The van der Waals surface area contributed by atoms with Crippen LogP contribution in [0.3, 0.4) is 0 Å². The molecule has 2 nitrogen and oxygen atoms in total. The molecule has 0 aliphatic heterocycles. The van der Waals surface area contributed by atoms with Gasteiger partial charge in [-0.05, 0) is 75.0 Å². The lowest BCUT2D eigenvalue weighted by molar-refractivity contribution is 0.660. The molecule has 246 valence electrons. The molecule has 0 saturated carbocycles. The summed E-state index contributed by atoms with van der Waals surface area (Å²) in [6.07, 6.45) is 0. The van der Waals surface area contributed by atoms with Crippen molar-refractivity contribution in [2.45, 2.75) is 19.3 Å². The second-order valence-corrected chi connectivity index (χ2v) is 15.5. The standard InChI is InChI=1S/C49H33NOS/c1-49(2)41-17-7-5-14-40(41)46-42(49)18-10-19-43(46)50(33-26-28-37-36-13-6-8-20-44(36)51-45(37)29-33)32-24-21-31(22-25-32)35-15-9-16-38-39-27-23-30-11-3-4-12-34(30)48(39)52-47(35)38/h3-29H,1-2H3. The van der Waals surface area contributed by atoms with Gasteiger partial charge in [-0.3, -0.25) is 0 Å². The van der Waals surface area contributed by atoms with Gasteiger partial charge in [0.1, 0.15) is 11.2 Å². The van der Waals surface area contributed by atoms with Crippen LogP contribution in [0.25, 0.3) is 75.1 Å². The molecule has 1 aliphatic rings. The molecule has 10 aromatic rings. The van der Waals surface area contributed by atoms with Crippen molar-refractivity contribution in [3.8, 4) is 22.3 Å². The SMILES string of the molecule is CC1(C)c2ccccc2-c2c(N(c3ccc(-c4cccc5c4sc4c6ccccc6ccc54)cc3)c3ccc4c(c3)oc3ccccc34)cccc21. The Bertz CT molecular complexity index is 3050. The molecule has 0 atom stereocenters. The molecule has 0 unspecified atom stereocenters. The Morgan fingerprint density at radius 1 is 0.481 bits per heavy atom. The minimum Gasteiger partial charge on any atom is -0.456 e. The topological polar surface area (TPSA) is 16.4 Å². The second kappa shape index (κ2) is 10.9. The highest BCUT2D eigenvalue weighted by molar-refractivity contribution is 7.27. The van der Waals surface area contributed by atoms with Crippen LogP contribution in [0.5, 0.6) is 0 Å². The van der Waals surface area contributed by atoms with Crippen LogP contribution in [0.15, 0.2) is 168 Å². The fourth-order valence-electron chi connectivity index (χ4n) is 8.75. The van der Waals surface area contributed by atoms with Crippen LogP contribution in [-0.2, 0) is 5.41 Å². The molecule has 3 heteroatoms. The zero-order valence-electron chi connectivity index (χ0n) is 28.9. The normalized spacial score (nSPS) is 13.3. The van der Waals surface area contributed by atoms with E-state index in [1.54, 1.807) is 0 Å². The number of thiophene rings is 1. The van der Waals surface area contributed by atoms with Crippen LogP contribution in [0.1, 0.15) is 25.0 Å². The van der Waals surface area contributed by atoms with Crippen molar-refractivity contribution < 1.29 is 4.42 Å². The van der Waals surface area contributed by atoms with Crippen LogP contribution in [0, 0.1) is 0 Å². The van der Waals surface area contributed by atoms with Crippen molar-refractivity contribution >= 4 is 81.3 Å². The first-order chi connectivity index (χ1) is 25.5. The average molecular weight is 684 g/mol. The van der Waals surface area contributed by atoms with Crippen LogP contribution in [0.4, 0.5) is 17.1 Å². The molecule has 0 fully saturated rings. The number of hydrogen-bond acceptors (Lipinski definition) is 3. The molecule has 2 heterocycles. The van der Waals surface area contributed by atoms with E-state index < -0.39 is 0 Å². The van der Waals surface area contributed by atoms with E-state index in [1.165, 1.54) is 64.3 Å². The summed E-state index contributed by atoms with van der Waals surface area (Å²) in [5.41, 5.74) is 12.8. The van der Waals surface area contributed by atoms with Gasteiger partial charge in [0.2, 0.25) is 0 Å². The van der Waals surface area contributed by atoms with Gasteiger partial charge in [0.25, 0.3) is 0 Å². The smallest absolute Gasteiger partial charge is 0.137 e. The maximum absolute atomic E-state index is 6.44. The van der Waals surface area contributed by atoms with Gasteiger partial charge in [-0.2, -0.15) is 0 Å². The Kier molecular flexibility index (Phi) is 6.21. The monoisotopic (exact) mass is 683 g/mol. The molecule has 1 aliphatic carbocycles. The van der Waals surface area contributed by atoms with Crippen molar-refractivity contribution in [1.82, 2.24) is 0 Å². The molecule has 8 aromatic carbocycles. The van der Waals surface area contributed by atoms with Crippen LogP contribution in [0.2, 0.25) is 0 Å². The van der Waals surface area contributed by atoms with E-state index >= 15 is 0 Å². The highest BCUT2D eigenvalue weighted by atomic mass is 32.1. The molecule has 0 saturated heterocycles. The lowest BCUT2D eigenvalue weighted by Gasteiger charge is -2.29. The van der Waals surface area contributed by atoms with Gasteiger partial charge < -0.3 is 9.32 Å². The van der Waals surface area contributed by atoms with Crippen molar-refractivity contribution in [3.05, 3.63) is 175 Å². The van der Waals surface area contributed by atoms with Crippen molar-refractivity contribution in [1.29, 1.82) is 0 Å². The van der Waals surface area contributed by atoms with E-state index in [2.05, 4.69) is 170 Å². The molecule has 0 spiro atoms. The van der Waals surface area contributed by atoms with E-state index in [0.29, 0.717) is 0 Å². The first kappa shape index (κ1) is 29.6. The Labute approximate surface area is 305 Å². The molecule has 0 amide bonds. The number of fused-ring (bicyclic) bond motifs is 11. The van der Waals surface area contributed by atoms with Crippen LogP contribution < -0.4 is 4.90 Å². The number of furan rings is 1. The highest BCUT2D eigenvalue weighted by Gasteiger charge is 2.37. The minimum absolute atomic E-state index is 0.103. The summed E-state index contributed by atoms with van der Waals surface area (Å²) in [6, 6.07) is 59.8. The summed E-state index contributed by atoms with van der Waals surface area (Å²) in [4.78, 5) is 2.42. The third-order valence-corrected chi connectivity index (χ3v) is 12.6. The molecular formula is C49H33NOS. The molecule has 0 N–H and O–H groups in total.